The van der Waals surface area contributed by atoms with Crippen molar-refractivity contribution in [3.8, 4) is 0 Å². The van der Waals surface area contributed by atoms with Crippen LogP contribution in [0.1, 0.15) is 34.1 Å². The van der Waals surface area contributed by atoms with Crippen LogP contribution < -0.4 is 10.6 Å². The van der Waals surface area contributed by atoms with E-state index >= 15 is 0 Å². The number of amides is 2. The first-order chi connectivity index (χ1) is 9.90. The van der Waals surface area contributed by atoms with E-state index in [1.807, 2.05) is 13.8 Å². The lowest BCUT2D eigenvalue weighted by Crippen LogP contribution is -2.40. The molecule has 0 aliphatic carbocycles. The lowest BCUT2D eigenvalue weighted by molar-refractivity contribution is 0.0697. The molecule has 2 amide bonds. The summed E-state index contributed by atoms with van der Waals surface area (Å²) in [6.07, 6.45) is 0.930. The monoisotopic (exact) mass is 312 g/mol. The van der Waals surface area contributed by atoms with E-state index in [2.05, 4.69) is 10.6 Å². The highest BCUT2D eigenvalue weighted by atomic mass is 32.1. The van der Waals surface area contributed by atoms with Crippen molar-refractivity contribution in [1.29, 1.82) is 0 Å². The summed E-state index contributed by atoms with van der Waals surface area (Å²) in [5.74, 6) is -0.717. The number of carboxylic acid groups (broad SMARTS) is 1. The number of nitrogens with one attached hydrogen (secondary N) is 2. The van der Waals surface area contributed by atoms with E-state index in [0.717, 1.165) is 17.9 Å². The number of hydrogen-bond acceptors (Lipinski definition) is 4. The number of ether oxygens (including phenoxy) is 1. The van der Waals surface area contributed by atoms with Crippen LogP contribution in [0, 0.1) is 19.8 Å². The fourth-order valence-electron chi connectivity index (χ4n) is 2.38. The standard InChI is InChI=1S/C14H20N2O4S/c1-7-9(3)21-12(11(7)13(17)18)16-14(19)15-8(2)10-4-5-20-6-10/h8,10H,4-6H2,1-3H3,(H,17,18)(H2,15,16,19). The third-order valence-corrected chi connectivity index (χ3v) is 4.98. The Morgan fingerprint density at radius 2 is 2.14 bits per heavy atom. The third-order valence-electron chi connectivity index (χ3n) is 3.86. The van der Waals surface area contributed by atoms with Gasteiger partial charge in [-0.05, 0) is 32.8 Å². The van der Waals surface area contributed by atoms with Gasteiger partial charge in [0.25, 0.3) is 0 Å². The van der Waals surface area contributed by atoms with Crippen molar-refractivity contribution < 1.29 is 19.4 Å². The maximum atomic E-state index is 12.0. The zero-order valence-electron chi connectivity index (χ0n) is 12.4. The molecule has 0 saturated carbocycles. The van der Waals surface area contributed by atoms with Crippen LogP contribution in [0.15, 0.2) is 0 Å². The number of carboxylic acids is 1. The number of rotatable bonds is 4. The molecular weight excluding hydrogens is 292 g/mol. The van der Waals surface area contributed by atoms with Crippen LogP contribution >= 0.6 is 11.3 Å². The number of urea groups is 1. The van der Waals surface area contributed by atoms with E-state index in [0.29, 0.717) is 23.1 Å². The predicted molar refractivity (Wildman–Crippen MR) is 81.3 cm³/mol. The van der Waals surface area contributed by atoms with Crippen LogP contribution in [0.4, 0.5) is 9.80 Å². The molecule has 1 aromatic rings. The molecule has 2 heterocycles. The van der Waals surface area contributed by atoms with E-state index < -0.39 is 5.97 Å². The molecule has 1 aliphatic heterocycles. The summed E-state index contributed by atoms with van der Waals surface area (Å²) < 4.78 is 5.30. The van der Waals surface area contributed by atoms with Gasteiger partial charge in [-0.1, -0.05) is 0 Å². The smallest absolute Gasteiger partial charge is 0.338 e. The molecule has 0 spiro atoms. The summed E-state index contributed by atoms with van der Waals surface area (Å²) in [6.45, 7) is 6.90. The number of aromatic carboxylic acids is 1. The van der Waals surface area contributed by atoms with Gasteiger partial charge in [0.1, 0.15) is 5.00 Å². The number of carbonyl (C=O) groups is 2. The highest BCUT2D eigenvalue weighted by Crippen LogP contribution is 2.32. The average molecular weight is 312 g/mol. The van der Waals surface area contributed by atoms with Gasteiger partial charge >= 0.3 is 12.0 Å². The van der Waals surface area contributed by atoms with Crippen molar-refractivity contribution in [3.05, 3.63) is 16.0 Å². The van der Waals surface area contributed by atoms with Gasteiger partial charge in [-0.25, -0.2) is 9.59 Å². The molecule has 21 heavy (non-hydrogen) atoms. The maximum Gasteiger partial charge on any atom is 0.338 e. The molecule has 7 heteroatoms. The molecule has 3 N–H and O–H groups in total. The van der Waals surface area contributed by atoms with Crippen LogP contribution in [-0.4, -0.2) is 36.4 Å². The van der Waals surface area contributed by atoms with Gasteiger partial charge in [0.05, 0.1) is 12.2 Å². The molecule has 0 bridgehead atoms. The van der Waals surface area contributed by atoms with Crippen LogP contribution in [0.25, 0.3) is 0 Å². The lowest BCUT2D eigenvalue weighted by Gasteiger charge is -2.19. The second-order valence-electron chi connectivity index (χ2n) is 5.30. The van der Waals surface area contributed by atoms with Crippen LogP contribution in [0.2, 0.25) is 0 Å². The molecule has 1 aliphatic rings. The molecule has 2 atom stereocenters. The lowest BCUT2D eigenvalue weighted by atomic mass is 10.0. The van der Waals surface area contributed by atoms with Crippen LogP contribution in [0.3, 0.4) is 0 Å². The number of aryl methyl sites for hydroxylation is 1. The molecular formula is C14H20N2O4S. The quantitative estimate of drug-likeness (QED) is 0.797. The summed E-state index contributed by atoms with van der Waals surface area (Å²) in [5, 5.41) is 15.1. The first-order valence-electron chi connectivity index (χ1n) is 6.88. The fourth-order valence-corrected chi connectivity index (χ4v) is 3.43. The number of hydrogen-bond donors (Lipinski definition) is 3. The third kappa shape index (κ3) is 3.54. The zero-order valence-corrected chi connectivity index (χ0v) is 13.2. The minimum absolute atomic E-state index is 0.0112. The molecule has 0 aromatic carbocycles. The minimum Gasteiger partial charge on any atom is -0.478 e. The van der Waals surface area contributed by atoms with Gasteiger partial charge in [0.2, 0.25) is 0 Å². The summed E-state index contributed by atoms with van der Waals surface area (Å²) in [7, 11) is 0. The van der Waals surface area contributed by atoms with E-state index in [4.69, 9.17) is 4.74 Å². The number of anilines is 1. The summed E-state index contributed by atoms with van der Waals surface area (Å²) in [4.78, 5) is 24.2. The SMILES string of the molecule is Cc1sc(NC(=O)NC(C)C2CCOC2)c(C(=O)O)c1C. The van der Waals surface area contributed by atoms with Gasteiger partial charge in [0, 0.05) is 23.4 Å². The Morgan fingerprint density at radius 3 is 2.71 bits per heavy atom. The molecule has 0 radical (unpaired) electrons. The Balaban J connectivity index is 2.02. The Bertz CT molecular complexity index is 549. The van der Waals surface area contributed by atoms with Crippen molar-refractivity contribution in [2.45, 2.75) is 33.2 Å². The first kappa shape index (κ1) is 15.8. The van der Waals surface area contributed by atoms with Crippen LogP contribution in [-0.2, 0) is 4.74 Å². The van der Waals surface area contributed by atoms with E-state index in [-0.39, 0.29) is 17.6 Å². The normalized spacial score (nSPS) is 19.3. The summed E-state index contributed by atoms with van der Waals surface area (Å²) in [5.41, 5.74) is 0.865. The zero-order chi connectivity index (χ0) is 15.6. The molecule has 2 unspecified atom stereocenters. The van der Waals surface area contributed by atoms with Gasteiger partial charge in [-0.3, -0.25) is 5.32 Å². The summed E-state index contributed by atoms with van der Waals surface area (Å²) >= 11 is 1.28. The molecule has 6 nitrogen and oxygen atoms in total. The van der Waals surface area contributed by atoms with Gasteiger partial charge in [0.15, 0.2) is 0 Å². The highest BCUT2D eigenvalue weighted by molar-refractivity contribution is 7.16. The van der Waals surface area contributed by atoms with E-state index in [1.54, 1.807) is 6.92 Å². The maximum absolute atomic E-state index is 12.0. The van der Waals surface area contributed by atoms with Crippen molar-refractivity contribution >= 4 is 28.3 Å². The Hall–Kier alpha value is -1.60. The van der Waals surface area contributed by atoms with Crippen molar-refractivity contribution in [3.63, 3.8) is 0 Å². The Kier molecular flexibility index (Phi) is 4.84. The average Bonchev–Trinajstić information content (AvgIpc) is 2.99. The number of carbonyl (C=O) groups excluding carboxylic acids is 1. The molecule has 1 aromatic heterocycles. The Labute approximate surface area is 127 Å². The summed E-state index contributed by atoms with van der Waals surface area (Å²) in [6, 6.07) is -0.388. The predicted octanol–water partition coefficient (Wildman–Crippen LogP) is 2.61. The molecule has 1 saturated heterocycles. The van der Waals surface area contributed by atoms with Gasteiger partial charge in [-0.2, -0.15) is 0 Å². The molecule has 116 valence electrons. The Morgan fingerprint density at radius 1 is 1.43 bits per heavy atom. The minimum atomic E-state index is -1.02. The fraction of sp³-hybridized carbons (Fsp3) is 0.571. The number of thiophene rings is 1. The molecule has 1 fully saturated rings. The van der Waals surface area contributed by atoms with Gasteiger partial charge < -0.3 is 15.2 Å². The molecule has 2 rings (SSSR count). The second-order valence-corrected chi connectivity index (χ2v) is 6.53. The van der Waals surface area contributed by atoms with Crippen molar-refractivity contribution in [1.82, 2.24) is 5.32 Å². The van der Waals surface area contributed by atoms with Crippen molar-refractivity contribution in [2.75, 3.05) is 18.5 Å². The topological polar surface area (TPSA) is 87.7 Å². The first-order valence-corrected chi connectivity index (χ1v) is 7.70. The second kappa shape index (κ2) is 6.44. The largest absolute Gasteiger partial charge is 0.478 e. The van der Waals surface area contributed by atoms with Crippen LogP contribution in [0.5, 0.6) is 0 Å². The van der Waals surface area contributed by atoms with Gasteiger partial charge in [-0.15, -0.1) is 11.3 Å². The van der Waals surface area contributed by atoms with E-state index in [9.17, 15) is 14.7 Å². The van der Waals surface area contributed by atoms with Crippen molar-refractivity contribution in [2.24, 2.45) is 5.92 Å². The van der Waals surface area contributed by atoms with E-state index in [1.165, 1.54) is 11.3 Å². The highest BCUT2D eigenvalue weighted by Gasteiger charge is 2.25.